The van der Waals surface area contributed by atoms with E-state index in [1.807, 2.05) is 0 Å². The molecule has 0 spiro atoms. The van der Waals surface area contributed by atoms with E-state index < -0.39 is 5.97 Å². The molecule has 0 aliphatic heterocycles. The van der Waals surface area contributed by atoms with Crippen LogP contribution < -0.4 is 0 Å². The molecule has 0 aromatic heterocycles. The van der Waals surface area contributed by atoms with E-state index in [0.717, 1.165) is 12.8 Å². The number of hydrogen-bond donors (Lipinski definition) is 1. The van der Waals surface area contributed by atoms with Crippen LogP contribution >= 0.6 is 0 Å². The second-order valence-electron chi connectivity index (χ2n) is 5.77. The topological polar surface area (TPSA) is 68.8 Å². The predicted octanol–water partition coefficient (Wildman–Crippen LogP) is 5.28. The molecule has 3 heteroatoms. The Labute approximate surface area is 131 Å². The molecule has 0 amide bonds. The third-order valence-corrected chi connectivity index (χ3v) is 3.73. The highest BCUT2D eigenvalue weighted by Gasteiger charge is 1.93. The molecule has 3 nitrogen and oxygen atoms in total. The fourth-order valence-electron chi connectivity index (χ4n) is 2.46. The second kappa shape index (κ2) is 19.2. The third-order valence-electron chi connectivity index (χ3n) is 3.73. The molecule has 0 fully saturated rings. The lowest BCUT2D eigenvalue weighted by molar-refractivity contribution is -0.131. The van der Waals surface area contributed by atoms with Crippen molar-refractivity contribution in [2.24, 2.45) is 0 Å². The maximum absolute atomic E-state index is 10.2. The predicted molar refractivity (Wildman–Crippen MR) is 90.7 cm³/mol. The number of aliphatic carboxylic acids is 1. The summed E-state index contributed by atoms with van der Waals surface area (Å²) in [6.07, 6.45) is 21.6. The quantitative estimate of drug-likeness (QED) is 0.330. The Morgan fingerprint density at radius 3 is 1.52 bits per heavy atom. The van der Waals surface area contributed by atoms with Crippen molar-refractivity contribution in [3.63, 3.8) is 0 Å². The summed E-state index contributed by atoms with van der Waals surface area (Å²) in [6, 6.07) is 0. The number of carbonyl (C=O) groups is 1. The molecule has 0 rings (SSSR count). The molecule has 126 valence electrons. The Morgan fingerprint density at radius 1 is 0.762 bits per heavy atom. The van der Waals surface area contributed by atoms with Gasteiger partial charge in [0, 0.05) is 6.08 Å². The van der Waals surface area contributed by atoms with Gasteiger partial charge in [-0.2, -0.15) is 0 Å². The van der Waals surface area contributed by atoms with E-state index in [9.17, 15) is 4.79 Å². The van der Waals surface area contributed by atoms with Gasteiger partial charge < -0.3 is 10.6 Å². The Bertz CT molecular complexity index is 237. The highest BCUT2D eigenvalue weighted by Crippen LogP contribution is 2.12. The van der Waals surface area contributed by atoms with Crippen molar-refractivity contribution < 1.29 is 15.4 Å². The van der Waals surface area contributed by atoms with Crippen molar-refractivity contribution in [1.29, 1.82) is 0 Å². The van der Waals surface area contributed by atoms with Crippen LogP contribution in [-0.4, -0.2) is 16.6 Å². The van der Waals surface area contributed by atoms with Gasteiger partial charge in [-0.05, 0) is 12.8 Å². The average molecular weight is 300 g/mol. The molecule has 0 heterocycles. The van der Waals surface area contributed by atoms with Crippen molar-refractivity contribution >= 4 is 5.97 Å². The summed E-state index contributed by atoms with van der Waals surface area (Å²) in [6.45, 7) is 2.27. The van der Waals surface area contributed by atoms with Crippen LogP contribution in [0.15, 0.2) is 12.2 Å². The summed E-state index contributed by atoms with van der Waals surface area (Å²) >= 11 is 0. The highest BCUT2D eigenvalue weighted by molar-refractivity contribution is 5.79. The fourth-order valence-corrected chi connectivity index (χ4v) is 2.46. The number of rotatable bonds is 15. The van der Waals surface area contributed by atoms with Crippen LogP contribution in [-0.2, 0) is 4.79 Å². The van der Waals surface area contributed by atoms with Crippen LogP contribution in [0.2, 0.25) is 0 Å². The molecular formula is C18H36O3. The van der Waals surface area contributed by atoms with E-state index in [1.54, 1.807) is 6.08 Å². The first-order valence-corrected chi connectivity index (χ1v) is 8.67. The monoisotopic (exact) mass is 300 g/mol. The van der Waals surface area contributed by atoms with Crippen LogP contribution in [0.3, 0.4) is 0 Å². The molecule has 0 atom stereocenters. The third kappa shape index (κ3) is 21.6. The first kappa shape index (κ1) is 22.5. The van der Waals surface area contributed by atoms with Gasteiger partial charge in [0.05, 0.1) is 0 Å². The molecule has 0 aromatic carbocycles. The second-order valence-corrected chi connectivity index (χ2v) is 5.77. The zero-order valence-corrected chi connectivity index (χ0v) is 13.9. The lowest BCUT2D eigenvalue weighted by Gasteiger charge is -2.02. The van der Waals surface area contributed by atoms with Gasteiger partial charge in [-0.3, -0.25) is 0 Å². The Balaban J connectivity index is 0. The number of unbranched alkanes of at least 4 members (excludes halogenated alkanes) is 13. The molecule has 0 bridgehead atoms. The van der Waals surface area contributed by atoms with E-state index in [0.29, 0.717) is 0 Å². The Kier molecular flexibility index (Phi) is 20.5. The minimum absolute atomic E-state index is 0. The van der Waals surface area contributed by atoms with Crippen LogP contribution in [0, 0.1) is 0 Å². The SMILES string of the molecule is CCCCCCCCCCCCCCCC=CC(=O)O.O. The standard InChI is InChI=1S/C18H34O2.H2O/c1-2-3-4-5-6-7-8-9-10-11-12-13-14-15-16-17-18(19)20;/h16-17H,2-15H2,1H3,(H,19,20);1H2. The number of allylic oxidation sites excluding steroid dienone is 1. The first-order valence-electron chi connectivity index (χ1n) is 8.67. The van der Waals surface area contributed by atoms with Crippen LogP contribution in [0.1, 0.15) is 96.8 Å². The van der Waals surface area contributed by atoms with Gasteiger partial charge in [0.2, 0.25) is 0 Å². The normalized spacial score (nSPS) is 10.7. The maximum atomic E-state index is 10.2. The number of carboxylic acids is 1. The molecule has 0 radical (unpaired) electrons. The lowest BCUT2D eigenvalue weighted by atomic mass is 10.0. The van der Waals surface area contributed by atoms with Crippen molar-refractivity contribution in [1.82, 2.24) is 0 Å². The van der Waals surface area contributed by atoms with Gasteiger partial charge >= 0.3 is 5.97 Å². The summed E-state index contributed by atoms with van der Waals surface area (Å²) in [5.41, 5.74) is 0. The van der Waals surface area contributed by atoms with Gasteiger partial charge in [-0.25, -0.2) is 4.79 Å². The average Bonchev–Trinajstić information content (AvgIpc) is 2.43. The smallest absolute Gasteiger partial charge is 0.327 e. The van der Waals surface area contributed by atoms with E-state index in [-0.39, 0.29) is 5.48 Å². The summed E-state index contributed by atoms with van der Waals surface area (Å²) in [5.74, 6) is -0.834. The molecule has 0 aliphatic rings. The van der Waals surface area contributed by atoms with Gasteiger partial charge in [0.25, 0.3) is 0 Å². The highest BCUT2D eigenvalue weighted by atomic mass is 16.4. The van der Waals surface area contributed by atoms with E-state index in [2.05, 4.69) is 6.92 Å². The van der Waals surface area contributed by atoms with Crippen LogP contribution in [0.5, 0.6) is 0 Å². The molecule has 0 saturated carbocycles. The zero-order valence-electron chi connectivity index (χ0n) is 13.9. The zero-order chi connectivity index (χ0) is 14.9. The Hall–Kier alpha value is -0.830. The van der Waals surface area contributed by atoms with Crippen molar-refractivity contribution in [3.8, 4) is 0 Å². The summed E-state index contributed by atoms with van der Waals surface area (Å²) in [5, 5.41) is 8.43. The van der Waals surface area contributed by atoms with Gasteiger partial charge in [-0.1, -0.05) is 90.0 Å². The minimum atomic E-state index is -0.834. The summed E-state index contributed by atoms with van der Waals surface area (Å²) in [4.78, 5) is 10.2. The molecule has 21 heavy (non-hydrogen) atoms. The van der Waals surface area contributed by atoms with Crippen molar-refractivity contribution in [3.05, 3.63) is 12.2 Å². The van der Waals surface area contributed by atoms with E-state index in [4.69, 9.17) is 5.11 Å². The molecule has 3 N–H and O–H groups in total. The molecule has 0 unspecified atom stereocenters. The Morgan fingerprint density at radius 2 is 1.14 bits per heavy atom. The molecule has 0 aliphatic carbocycles. The number of hydrogen-bond acceptors (Lipinski definition) is 1. The van der Waals surface area contributed by atoms with E-state index in [1.165, 1.54) is 83.1 Å². The maximum Gasteiger partial charge on any atom is 0.327 e. The summed E-state index contributed by atoms with van der Waals surface area (Å²) < 4.78 is 0. The van der Waals surface area contributed by atoms with Crippen molar-refractivity contribution in [2.45, 2.75) is 96.8 Å². The van der Waals surface area contributed by atoms with Gasteiger partial charge in [-0.15, -0.1) is 0 Å². The van der Waals surface area contributed by atoms with E-state index >= 15 is 0 Å². The molecule has 0 saturated heterocycles. The van der Waals surface area contributed by atoms with Crippen molar-refractivity contribution in [2.75, 3.05) is 0 Å². The largest absolute Gasteiger partial charge is 0.478 e. The number of carboxylic acid groups (broad SMARTS) is 1. The lowest BCUT2D eigenvalue weighted by Crippen LogP contribution is -1.86. The molecule has 0 aromatic rings. The van der Waals surface area contributed by atoms with Gasteiger partial charge in [0.15, 0.2) is 0 Å². The minimum Gasteiger partial charge on any atom is -0.478 e. The van der Waals surface area contributed by atoms with Crippen LogP contribution in [0.4, 0.5) is 0 Å². The first-order chi connectivity index (χ1) is 9.77. The fraction of sp³-hybridized carbons (Fsp3) is 0.833. The van der Waals surface area contributed by atoms with Crippen LogP contribution in [0.25, 0.3) is 0 Å². The summed E-state index contributed by atoms with van der Waals surface area (Å²) in [7, 11) is 0. The molecular weight excluding hydrogens is 264 g/mol. The van der Waals surface area contributed by atoms with Gasteiger partial charge in [0.1, 0.15) is 0 Å².